The Hall–Kier alpha value is -2.40. The smallest absolute Gasteiger partial charge is 0.211 e. The van der Waals surface area contributed by atoms with Crippen molar-refractivity contribution < 1.29 is 16.8 Å². The van der Waals surface area contributed by atoms with E-state index in [4.69, 9.17) is 0 Å². The summed E-state index contributed by atoms with van der Waals surface area (Å²) in [6.45, 7) is 11.7. The van der Waals surface area contributed by atoms with E-state index in [1.165, 1.54) is 105 Å². The Kier molecular flexibility index (Phi) is 17.9. The first-order valence-corrected chi connectivity index (χ1v) is 25.1. The van der Waals surface area contributed by atoms with Gasteiger partial charge in [-0.2, -0.15) is 0 Å². The highest BCUT2D eigenvalue weighted by Crippen LogP contribution is 2.35. The molecule has 0 radical (unpaired) electrons. The van der Waals surface area contributed by atoms with Gasteiger partial charge in [-0.15, -0.1) is 0 Å². The molecule has 8 nitrogen and oxygen atoms in total. The lowest BCUT2D eigenvalue weighted by molar-refractivity contribution is 0.272. The van der Waals surface area contributed by atoms with Gasteiger partial charge in [-0.1, -0.05) is 115 Å². The number of rotatable bonds is 9. The first-order chi connectivity index (χ1) is 26.1. The van der Waals surface area contributed by atoms with E-state index in [0.29, 0.717) is 38.3 Å². The summed E-state index contributed by atoms with van der Waals surface area (Å²) in [4.78, 5) is 2.57. The van der Waals surface area contributed by atoms with E-state index >= 15 is 0 Å². The molecule has 4 aliphatic rings. The number of sulfonamides is 2. The van der Waals surface area contributed by atoms with Crippen molar-refractivity contribution in [3.63, 3.8) is 0 Å². The summed E-state index contributed by atoms with van der Waals surface area (Å²) in [5, 5.41) is 1.32. The minimum absolute atomic E-state index is 0.409. The molecule has 10 heteroatoms. The van der Waals surface area contributed by atoms with Crippen LogP contribution in [0.1, 0.15) is 129 Å². The van der Waals surface area contributed by atoms with Crippen LogP contribution >= 0.6 is 0 Å². The molecule has 2 aliphatic carbocycles. The zero-order valence-electron chi connectivity index (χ0n) is 34.5. The Morgan fingerprint density at radius 2 is 1.07 bits per heavy atom. The minimum Gasteiger partial charge on any atom is -0.368 e. The van der Waals surface area contributed by atoms with Crippen molar-refractivity contribution in [2.75, 3.05) is 50.1 Å². The average Bonchev–Trinajstić information content (AvgIpc) is 3.57. The van der Waals surface area contributed by atoms with Crippen LogP contribution in [0.4, 0.5) is 5.69 Å². The molecule has 2 saturated carbocycles. The fourth-order valence-corrected chi connectivity index (χ4v) is 10.9. The number of hydrogen-bond donors (Lipinski definition) is 0. The number of aromatic nitrogens is 1. The highest BCUT2D eigenvalue weighted by atomic mass is 32.2. The average molecular weight is 785 g/mol. The van der Waals surface area contributed by atoms with Crippen LogP contribution in [0.3, 0.4) is 0 Å². The standard InChI is InChI=1S/C21H30N2O2S.C19H30N2O2S.2C2H6/c1-26(24,25)22-13-11-19(12-14-22)23-20(15-17-7-3-2-4-8-17)16-18-9-5-6-10-21(18)23;1-24(22,23)20-14-12-19(13-15-20)21(18-10-6-3-7-11-18)16-17-8-4-2-5-9-17;2*1-2/h5-6,9-10,16-17,19H,2-4,7-8,11-15H2,1H3;3,6-7,10-11,17,19H,2,4-5,8-9,12-16H2,1H3;2*1-2H3. The van der Waals surface area contributed by atoms with Gasteiger partial charge in [-0.25, -0.2) is 25.4 Å². The third kappa shape index (κ3) is 12.6. The van der Waals surface area contributed by atoms with Gasteiger partial charge in [0.05, 0.1) is 12.5 Å². The van der Waals surface area contributed by atoms with Crippen molar-refractivity contribution in [3.8, 4) is 0 Å². The van der Waals surface area contributed by atoms with Gasteiger partial charge in [-0.3, -0.25) is 0 Å². The molecule has 2 aliphatic heterocycles. The molecule has 0 atom stereocenters. The van der Waals surface area contributed by atoms with Crippen molar-refractivity contribution in [1.82, 2.24) is 13.2 Å². The van der Waals surface area contributed by atoms with E-state index in [2.05, 4.69) is 70.1 Å². The number of anilines is 1. The predicted molar refractivity (Wildman–Crippen MR) is 229 cm³/mol. The quantitative estimate of drug-likeness (QED) is 0.216. The van der Waals surface area contributed by atoms with Crippen LogP contribution in [0, 0.1) is 11.8 Å². The van der Waals surface area contributed by atoms with Crippen molar-refractivity contribution in [2.45, 2.75) is 136 Å². The summed E-state index contributed by atoms with van der Waals surface area (Å²) in [5.41, 5.74) is 4.06. The second-order valence-corrected chi connectivity index (χ2v) is 19.5. The van der Waals surface area contributed by atoms with E-state index in [1.54, 1.807) is 8.61 Å². The lowest BCUT2D eigenvalue weighted by Crippen LogP contribution is -2.48. The van der Waals surface area contributed by atoms with E-state index in [1.807, 2.05) is 27.7 Å². The zero-order chi connectivity index (χ0) is 39.1. The van der Waals surface area contributed by atoms with E-state index < -0.39 is 20.0 Å². The van der Waals surface area contributed by atoms with Crippen LogP contribution in [0.2, 0.25) is 0 Å². The lowest BCUT2D eigenvalue weighted by Gasteiger charge is -2.41. The molecule has 7 rings (SSSR count). The summed E-state index contributed by atoms with van der Waals surface area (Å²) in [7, 11) is -6.12. The molecule has 3 aromatic rings. The van der Waals surface area contributed by atoms with Crippen molar-refractivity contribution >= 4 is 36.6 Å². The topological polar surface area (TPSA) is 82.9 Å². The molecule has 54 heavy (non-hydrogen) atoms. The number of hydrogen-bond acceptors (Lipinski definition) is 5. The third-order valence-electron chi connectivity index (χ3n) is 11.9. The van der Waals surface area contributed by atoms with Crippen LogP contribution in [0.25, 0.3) is 10.9 Å². The van der Waals surface area contributed by atoms with Crippen LogP contribution in [0.5, 0.6) is 0 Å². The van der Waals surface area contributed by atoms with Gasteiger partial charge in [0.25, 0.3) is 0 Å². The summed E-state index contributed by atoms with van der Waals surface area (Å²) in [6.07, 6.45) is 21.1. The molecule has 3 heterocycles. The Labute approximate surface area is 329 Å². The van der Waals surface area contributed by atoms with Gasteiger partial charge < -0.3 is 9.47 Å². The number of nitrogens with zero attached hydrogens (tertiary/aromatic N) is 4. The fourth-order valence-electron chi connectivity index (χ4n) is 9.16. The number of fused-ring (bicyclic) bond motifs is 1. The van der Waals surface area contributed by atoms with Crippen molar-refractivity contribution in [1.29, 1.82) is 0 Å². The third-order valence-corrected chi connectivity index (χ3v) is 14.5. The molecular weight excluding hydrogens is 713 g/mol. The van der Waals surface area contributed by atoms with Crippen molar-refractivity contribution in [3.05, 3.63) is 66.4 Å². The Morgan fingerprint density at radius 1 is 0.593 bits per heavy atom. The van der Waals surface area contributed by atoms with E-state index in [0.717, 1.165) is 44.1 Å². The highest BCUT2D eigenvalue weighted by molar-refractivity contribution is 7.88. The molecule has 4 fully saturated rings. The molecule has 1 aromatic heterocycles. The van der Waals surface area contributed by atoms with Gasteiger partial charge in [0, 0.05) is 61.7 Å². The first-order valence-electron chi connectivity index (χ1n) is 21.4. The molecular formula is C44H72N4O4S2. The monoisotopic (exact) mass is 784 g/mol. The minimum atomic E-state index is -3.07. The SMILES string of the molecule is CC.CC.CS(=O)(=O)N1CCC(N(CC2CCCCC2)c2ccccc2)CC1.CS(=O)(=O)N1CCC(n2c(CC3CCCCC3)cc3ccccc32)CC1. The van der Waals surface area contributed by atoms with Gasteiger partial charge in [-0.05, 0) is 86.4 Å². The van der Waals surface area contributed by atoms with Crippen LogP contribution in [0.15, 0.2) is 60.7 Å². The second kappa shape index (κ2) is 21.8. The van der Waals surface area contributed by atoms with Crippen LogP contribution in [-0.2, 0) is 26.5 Å². The summed E-state index contributed by atoms with van der Waals surface area (Å²) >= 11 is 0. The van der Waals surface area contributed by atoms with Gasteiger partial charge in [0.2, 0.25) is 20.0 Å². The number of piperidine rings is 2. The maximum atomic E-state index is 11.8. The number of para-hydroxylation sites is 2. The summed E-state index contributed by atoms with van der Waals surface area (Å²) in [5.74, 6) is 1.59. The highest BCUT2D eigenvalue weighted by Gasteiger charge is 2.31. The molecule has 304 valence electrons. The van der Waals surface area contributed by atoms with Crippen molar-refractivity contribution in [2.24, 2.45) is 11.8 Å². The normalized spacial score (nSPS) is 20.2. The first kappa shape index (κ1) is 44.3. The summed E-state index contributed by atoms with van der Waals surface area (Å²) in [6, 6.07) is 22.6. The summed E-state index contributed by atoms with van der Waals surface area (Å²) < 4.78 is 53.0. The Balaban J connectivity index is 0.000000221. The lowest BCUT2D eigenvalue weighted by atomic mass is 9.86. The molecule has 2 saturated heterocycles. The molecule has 0 unspecified atom stereocenters. The largest absolute Gasteiger partial charge is 0.368 e. The predicted octanol–water partition coefficient (Wildman–Crippen LogP) is 9.91. The number of benzene rings is 2. The van der Waals surface area contributed by atoms with Gasteiger partial charge in [0.15, 0.2) is 0 Å². The Morgan fingerprint density at radius 3 is 1.61 bits per heavy atom. The maximum absolute atomic E-state index is 11.8. The van der Waals surface area contributed by atoms with E-state index in [9.17, 15) is 16.8 Å². The van der Waals surface area contributed by atoms with Crippen LogP contribution in [-0.4, -0.2) is 81.3 Å². The molecule has 0 bridgehead atoms. The van der Waals surface area contributed by atoms with Gasteiger partial charge >= 0.3 is 0 Å². The van der Waals surface area contributed by atoms with Gasteiger partial charge in [0.1, 0.15) is 0 Å². The maximum Gasteiger partial charge on any atom is 0.211 e. The fraction of sp³-hybridized carbons (Fsp3) is 0.682. The van der Waals surface area contributed by atoms with Crippen LogP contribution < -0.4 is 4.90 Å². The zero-order valence-corrected chi connectivity index (χ0v) is 36.1. The van der Waals surface area contributed by atoms with E-state index in [-0.39, 0.29) is 0 Å². The molecule has 2 aromatic carbocycles. The molecule has 0 N–H and O–H groups in total. The molecule has 0 amide bonds. The Bertz CT molecular complexity index is 1720. The second-order valence-electron chi connectivity index (χ2n) is 15.6. The molecule has 0 spiro atoms.